The van der Waals surface area contributed by atoms with Crippen molar-refractivity contribution in [3.8, 4) is 0 Å². The number of hydrogen-bond acceptors (Lipinski definition) is 4. The number of carbonyl (C=O) groups excluding carboxylic acids is 1. The Kier molecular flexibility index (Phi) is 4.80. The summed E-state index contributed by atoms with van der Waals surface area (Å²) in [7, 11) is 0. The molecule has 0 aliphatic carbocycles. The summed E-state index contributed by atoms with van der Waals surface area (Å²) in [6.45, 7) is 7.61. The molecule has 1 atom stereocenters. The van der Waals surface area contributed by atoms with Crippen LogP contribution in [0.5, 0.6) is 0 Å². The van der Waals surface area contributed by atoms with Gasteiger partial charge in [-0.3, -0.25) is 9.69 Å². The number of nitrogens with zero attached hydrogens (tertiary/aromatic N) is 3. The lowest BCUT2D eigenvalue weighted by Gasteiger charge is -2.39. The van der Waals surface area contributed by atoms with Crippen LogP contribution in [-0.2, 0) is 0 Å². The van der Waals surface area contributed by atoms with Gasteiger partial charge in [-0.15, -0.1) is 0 Å². The fourth-order valence-corrected chi connectivity index (χ4v) is 2.70. The van der Waals surface area contributed by atoms with Crippen LogP contribution in [0.15, 0.2) is 29.4 Å². The molecule has 3 N–H and O–H groups in total. The summed E-state index contributed by atoms with van der Waals surface area (Å²) in [5, 5.41) is 11.7. The fraction of sp³-hybridized carbons (Fsp3) is 0.467. The topological polar surface area (TPSA) is 82.2 Å². The molecule has 1 aromatic rings. The maximum Gasteiger partial charge on any atom is 0.253 e. The van der Waals surface area contributed by atoms with Crippen LogP contribution < -0.4 is 5.73 Å². The largest absolute Gasteiger partial charge is 0.409 e. The van der Waals surface area contributed by atoms with E-state index in [-0.39, 0.29) is 11.7 Å². The van der Waals surface area contributed by atoms with Crippen LogP contribution in [0.3, 0.4) is 0 Å². The van der Waals surface area contributed by atoms with Gasteiger partial charge in [-0.1, -0.05) is 24.2 Å². The quantitative estimate of drug-likeness (QED) is 0.376. The van der Waals surface area contributed by atoms with Crippen LogP contribution in [0.4, 0.5) is 0 Å². The molecule has 1 aliphatic rings. The van der Waals surface area contributed by atoms with Crippen molar-refractivity contribution in [2.75, 3.05) is 26.2 Å². The van der Waals surface area contributed by atoms with E-state index in [0.717, 1.165) is 26.2 Å². The first-order valence-corrected chi connectivity index (χ1v) is 7.18. The lowest BCUT2D eigenvalue weighted by Crippen LogP contribution is -2.53. The second kappa shape index (κ2) is 6.58. The third kappa shape index (κ3) is 3.33. The van der Waals surface area contributed by atoms with Gasteiger partial charge in [-0.25, -0.2) is 0 Å². The zero-order valence-electron chi connectivity index (χ0n) is 12.5. The fourth-order valence-electron chi connectivity index (χ4n) is 2.70. The Labute approximate surface area is 124 Å². The van der Waals surface area contributed by atoms with E-state index in [9.17, 15) is 4.79 Å². The van der Waals surface area contributed by atoms with Gasteiger partial charge in [0.05, 0.1) is 0 Å². The minimum absolute atomic E-state index is 0.00817. The molecule has 2 rings (SSSR count). The number of rotatable bonds is 3. The first-order chi connectivity index (χ1) is 10.1. The highest BCUT2D eigenvalue weighted by atomic mass is 16.4. The molecule has 0 bridgehead atoms. The Morgan fingerprint density at radius 1 is 1.43 bits per heavy atom. The second-order valence-corrected chi connectivity index (χ2v) is 5.29. The van der Waals surface area contributed by atoms with Gasteiger partial charge in [0.1, 0.15) is 0 Å². The Bertz CT molecular complexity index is 544. The lowest BCUT2D eigenvalue weighted by atomic mass is 10.1. The SMILES string of the molecule is CCN1CCN(C(=O)c2cccc(C(N)=NO)c2)CC1C. The number of benzene rings is 1. The Balaban J connectivity index is 2.14. The van der Waals surface area contributed by atoms with E-state index in [1.54, 1.807) is 24.3 Å². The van der Waals surface area contributed by atoms with Crippen LogP contribution in [0.2, 0.25) is 0 Å². The first-order valence-electron chi connectivity index (χ1n) is 7.18. The molecule has 0 aromatic heterocycles. The van der Waals surface area contributed by atoms with Crippen LogP contribution in [0.25, 0.3) is 0 Å². The number of hydrogen-bond donors (Lipinski definition) is 2. The van der Waals surface area contributed by atoms with Gasteiger partial charge < -0.3 is 15.8 Å². The number of oxime groups is 1. The maximum absolute atomic E-state index is 12.6. The van der Waals surface area contributed by atoms with Gasteiger partial charge in [0, 0.05) is 36.8 Å². The van der Waals surface area contributed by atoms with Crippen LogP contribution in [-0.4, -0.2) is 59.0 Å². The van der Waals surface area contributed by atoms with Crippen LogP contribution >= 0.6 is 0 Å². The highest BCUT2D eigenvalue weighted by molar-refractivity contribution is 6.01. The second-order valence-electron chi connectivity index (χ2n) is 5.29. The van der Waals surface area contributed by atoms with E-state index < -0.39 is 0 Å². The van der Waals surface area contributed by atoms with Crippen molar-refractivity contribution in [3.05, 3.63) is 35.4 Å². The van der Waals surface area contributed by atoms with Crippen molar-refractivity contribution in [2.45, 2.75) is 19.9 Å². The van der Waals surface area contributed by atoms with Gasteiger partial charge in [0.15, 0.2) is 5.84 Å². The van der Waals surface area contributed by atoms with E-state index in [1.165, 1.54) is 0 Å². The molecule has 0 saturated carbocycles. The van der Waals surface area contributed by atoms with Crippen LogP contribution in [0.1, 0.15) is 29.8 Å². The number of amidine groups is 1. The Morgan fingerprint density at radius 2 is 2.14 bits per heavy atom. The van der Waals surface area contributed by atoms with E-state index in [4.69, 9.17) is 10.9 Å². The highest BCUT2D eigenvalue weighted by Crippen LogP contribution is 2.14. The molecular weight excluding hydrogens is 268 g/mol. The molecule has 21 heavy (non-hydrogen) atoms. The summed E-state index contributed by atoms with van der Waals surface area (Å²) in [5.74, 6) is -0.000914. The Hall–Kier alpha value is -2.08. The molecule has 1 amide bonds. The summed E-state index contributed by atoms with van der Waals surface area (Å²) in [6.07, 6.45) is 0. The maximum atomic E-state index is 12.6. The smallest absolute Gasteiger partial charge is 0.253 e. The molecule has 1 fully saturated rings. The van der Waals surface area contributed by atoms with E-state index >= 15 is 0 Å². The number of likely N-dealkylation sites (N-methyl/N-ethyl adjacent to an activating group) is 1. The highest BCUT2D eigenvalue weighted by Gasteiger charge is 2.26. The van der Waals surface area contributed by atoms with Gasteiger partial charge in [0.2, 0.25) is 0 Å². The minimum atomic E-state index is -0.00908. The Morgan fingerprint density at radius 3 is 2.76 bits per heavy atom. The summed E-state index contributed by atoms with van der Waals surface area (Å²) in [6, 6.07) is 7.23. The zero-order valence-corrected chi connectivity index (χ0v) is 12.5. The van der Waals surface area contributed by atoms with Crippen molar-refractivity contribution >= 4 is 11.7 Å². The summed E-state index contributed by atoms with van der Waals surface area (Å²) in [4.78, 5) is 16.8. The number of piperazine rings is 1. The third-order valence-electron chi connectivity index (χ3n) is 3.97. The summed E-state index contributed by atoms with van der Waals surface area (Å²) in [5.41, 5.74) is 6.68. The third-order valence-corrected chi connectivity index (χ3v) is 3.97. The minimum Gasteiger partial charge on any atom is -0.409 e. The standard InChI is InChI=1S/C15H22N4O2/c1-3-18-7-8-19(10-11(18)2)15(20)13-6-4-5-12(9-13)14(16)17-21/h4-6,9,11,21H,3,7-8,10H2,1-2H3,(H2,16,17). The molecule has 1 aromatic carbocycles. The lowest BCUT2D eigenvalue weighted by molar-refractivity contribution is 0.0528. The van der Waals surface area contributed by atoms with Crippen molar-refractivity contribution in [2.24, 2.45) is 10.9 Å². The van der Waals surface area contributed by atoms with Gasteiger partial charge >= 0.3 is 0 Å². The van der Waals surface area contributed by atoms with Crippen molar-refractivity contribution in [3.63, 3.8) is 0 Å². The molecule has 0 radical (unpaired) electrons. The van der Waals surface area contributed by atoms with E-state index in [2.05, 4.69) is 23.9 Å². The van der Waals surface area contributed by atoms with Crippen LogP contribution in [0, 0.1) is 0 Å². The van der Waals surface area contributed by atoms with Crippen molar-refractivity contribution in [1.82, 2.24) is 9.80 Å². The van der Waals surface area contributed by atoms with Gasteiger partial charge in [-0.2, -0.15) is 0 Å². The summed E-state index contributed by atoms with van der Waals surface area (Å²) < 4.78 is 0. The molecule has 6 heteroatoms. The molecule has 1 heterocycles. The predicted octanol–water partition coefficient (Wildman–Crippen LogP) is 0.947. The summed E-state index contributed by atoms with van der Waals surface area (Å²) >= 11 is 0. The average Bonchev–Trinajstić information content (AvgIpc) is 2.53. The van der Waals surface area contributed by atoms with Gasteiger partial charge in [0.25, 0.3) is 5.91 Å². The van der Waals surface area contributed by atoms with E-state index in [0.29, 0.717) is 17.2 Å². The van der Waals surface area contributed by atoms with Crippen molar-refractivity contribution in [1.29, 1.82) is 0 Å². The molecular formula is C15H22N4O2. The molecule has 1 saturated heterocycles. The predicted molar refractivity (Wildman–Crippen MR) is 81.6 cm³/mol. The van der Waals surface area contributed by atoms with Crippen molar-refractivity contribution < 1.29 is 10.0 Å². The molecule has 1 unspecified atom stereocenters. The zero-order chi connectivity index (χ0) is 15.4. The molecule has 114 valence electrons. The number of carbonyl (C=O) groups is 1. The van der Waals surface area contributed by atoms with E-state index in [1.807, 2.05) is 4.90 Å². The average molecular weight is 290 g/mol. The normalized spacial score (nSPS) is 20.6. The molecule has 0 spiro atoms. The molecule has 1 aliphatic heterocycles. The van der Waals surface area contributed by atoms with Gasteiger partial charge in [-0.05, 0) is 25.6 Å². The molecule has 6 nitrogen and oxygen atoms in total. The first kappa shape index (κ1) is 15.3. The monoisotopic (exact) mass is 290 g/mol. The number of amides is 1. The number of nitrogens with two attached hydrogens (primary N) is 1.